The van der Waals surface area contributed by atoms with Crippen LogP contribution in [-0.4, -0.2) is 27.8 Å². The van der Waals surface area contributed by atoms with E-state index < -0.39 is 17.8 Å². The number of carboxylic acid groups (broad SMARTS) is 1. The SMILES string of the molecule is CC(=CN1C(=O)c2ccccc2C1=O)C(=O)O. The molecule has 0 atom stereocenters. The maximum atomic E-state index is 11.8. The average Bonchev–Trinajstić information content (AvgIpc) is 2.55. The lowest BCUT2D eigenvalue weighted by Gasteiger charge is -2.07. The summed E-state index contributed by atoms with van der Waals surface area (Å²) in [5.74, 6) is -2.15. The third-order valence-electron chi connectivity index (χ3n) is 2.49. The predicted octanol–water partition coefficient (Wildman–Crippen LogP) is 1.27. The van der Waals surface area contributed by atoms with Crippen LogP contribution in [-0.2, 0) is 4.79 Å². The Balaban J connectivity index is 2.44. The molecule has 1 aromatic carbocycles. The number of aliphatic carboxylic acids is 1. The highest BCUT2D eigenvalue weighted by Crippen LogP contribution is 2.23. The number of rotatable bonds is 2. The number of amides is 2. The summed E-state index contributed by atoms with van der Waals surface area (Å²) in [5, 5.41) is 8.71. The van der Waals surface area contributed by atoms with E-state index in [1.165, 1.54) is 6.92 Å². The van der Waals surface area contributed by atoms with Crippen molar-refractivity contribution in [2.24, 2.45) is 0 Å². The van der Waals surface area contributed by atoms with Gasteiger partial charge in [-0.25, -0.2) is 9.69 Å². The van der Waals surface area contributed by atoms with Crippen LogP contribution in [0.5, 0.6) is 0 Å². The number of fused-ring (bicyclic) bond motifs is 1. The molecular weight excluding hydrogens is 222 g/mol. The Morgan fingerprint density at radius 3 is 2.06 bits per heavy atom. The number of carbonyl (C=O) groups excluding carboxylic acids is 2. The Kier molecular flexibility index (Phi) is 2.51. The van der Waals surface area contributed by atoms with Gasteiger partial charge in [-0.2, -0.15) is 0 Å². The largest absolute Gasteiger partial charge is 0.478 e. The van der Waals surface area contributed by atoms with Gasteiger partial charge < -0.3 is 5.11 Å². The number of nitrogens with zero attached hydrogens (tertiary/aromatic N) is 1. The minimum Gasteiger partial charge on any atom is -0.478 e. The first-order valence-corrected chi connectivity index (χ1v) is 4.91. The van der Waals surface area contributed by atoms with Crippen LogP contribution in [0.2, 0.25) is 0 Å². The van der Waals surface area contributed by atoms with Crippen LogP contribution < -0.4 is 0 Å². The van der Waals surface area contributed by atoms with E-state index in [-0.39, 0.29) is 5.57 Å². The highest BCUT2D eigenvalue weighted by atomic mass is 16.4. The topological polar surface area (TPSA) is 74.7 Å². The summed E-state index contributed by atoms with van der Waals surface area (Å²) in [6.45, 7) is 1.33. The average molecular weight is 231 g/mol. The van der Waals surface area contributed by atoms with Gasteiger partial charge in [0.05, 0.1) is 16.7 Å². The van der Waals surface area contributed by atoms with Gasteiger partial charge in [0.2, 0.25) is 0 Å². The molecule has 0 spiro atoms. The standard InChI is InChI=1S/C12H9NO4/c1-7(12(16)17)6-13-10(14)8-4-2-3-5-9(8)11(13)15/h2-6H,1H3,(H,16,17). The highest BCUT2D eigenvalue weighted by molar-refractivity contribution is 6.22. The van der Waals surface area contributed by atoms with E-state index in [0.29, 0.717) is 11.1 Å². The number of carboxylic acids is 1. The molecule has 5 nitrogen and oxygen atoms in total. The zero-order valence-electron chi connectivity index (χ0n) is 9.01. The van der Waals surface area contributed by atoms with E-state index in [0.717, 1.165) is 11.1 Å². The fraction of sp³-hybridized carbons (Fsp3) is 0.0833. The minimum atomic E-state index is -1.17. The lowest BCUT2D eigenvalue weighted by Crippen LogP contribution is -2.24. The van der Waals surface area contributed by atoms with E-state index in [2.05, 4.69) is 0 Å². The van der Waals surface area contributed by atoms with Crippen LogP contribution in [0, 0.1) is 0 Å². The summed E-state index contributed by atoms with van der Waals surface area (Å²) in [7, 11) is 0. The summed E-state index contributed by atoms with van der Waals surface area (Å²) >= 11 is 0. The molecule has 0 radical (unpaired) electrons. The van der Waals surface area contributed by atoms with Crippen molar-refractivity contribution in [1.82, 2.24) is 4.90 Å². The molecule has 17 heavy (non-hydrogen) atoms. The van der Waals surface area contributed by atoms with Gasteiger partial charge in [-0.1, -0.05) is 12.1 Å². The monoisotopic (exact) mass is 231 g/mol. The zero-order chi connectivity index (χ0) is 12.6. The fourth-order valence-corrected chi connectivity index (χ4v) is 1.57. The fourth-order valence-electron chi connectivity index (χ4n) is 1.57. The first-order chi connectivity index (χ1) is 8.02. The maximum Gasteiger partial charge on any atom is 0.332 e. The van der Waals surface area contributed by atoms with Crippen LogP contribution in [0.3, 0.4) is 0 Å². The van der Waals surface area contributed by atoms with Crippen molar-refractivity contribution in [3.05, 3.63) is 47.2 Å². The molecule has 0 fully saturated rings. The van der Waals surface area contributed by atoms with Gasteiger partial charge in [0.15, 0.2) is 0 Å². The Hall–Kier alpha value is -2.43. The molecular formula is C12H9NO4. The van der Waals surface area contributed by atoms with Crippen molar-refractivity contribution >= 4 is 17.8 Å². The zero-order valence-corrected chi connectivity index (χ0v) is 9.01. The third-order valence-corrected chi connectivity index (χ3v) is 2.49. The molecule has 86 valence electrons. The Labute approximate surface area is 97.0 Å². The van der Waals surface area contributed by atoms with E-state index in [1.54, 1.807) is 24.3 Å². The number of carbonyl (C=O) groups is 3. The number of imide groups is 1. The quantitative estimate of drug-likeness (QED) is 0.614. The van der Waals surface area contributed by atoms with Crippen LogP contribution in [0.1, 0.15) is 27.6 Å². The molecule has 5 heteroatoms. The second-order valence-electron chi connectivity index (χ2n) is 3.64. The summed E-state index contributed by atoms with van der Waals surface area (Å²) in [5.41, 5.74) is 0.526. The van der Waals surface area contributed by atoms with Crippen LogP contribution in [0.15, 0.2) is 36.0 Å². The van der Waals surface area contributed by atoms with Gasteiger partial charge in [-0.05, 0) is 19.1 Å². The molecule has 0 aromatic heterocycles. The third kappa shape index (κ3) is 1.71. The first kappa shape index (κ1) is 11.1. The molecule has 1 N–H and O–H groups in total. The number of hydrogen-bond donors (Lipinski definition) is 1. The van der Waals surface area contributed by atoms with Crippen molar-refractivity contribution in [2.75, 3.05) is 0 Å². The van der Waals surface area contributed by atoms with E-state index in [1.807, 2.05) is 0 Å². The second kappa shape index (κ2) is 3.86. The van der Waals surface area contributed by atoms with Crippen molar-refractivity contribution < 1.29 is 19.5 Å². The molecule has 0 bridgehead atoms. The molecule has 1 aliphatic rings. The Morgan fingerprint density at radius 2 is 1.65 bits per heavy atom. The molecule has 0 unspecified atom stereocenters. The van der Waals surface area contributed by atoms with Crippen LogP contribution in [0.4, 0.5) is 0 Å². The maximum absolute atomic E-state index is 11.8. The van der Waals surface area contributed by atoms with Gasteiger partial charge >= 0.3 is 5.97 Å². The molecule has 0 saturated heterocycles. The van der Waals surface area contributed by atoms with Gasteiger partial charge in [-0.3, -0.25) is 9.59 Å². The van der Waals surface area contributed by atoms with Crippen molar-refractivity contribution in [2.45, 2.75) is 6.92 Å². The molecule has 1 aromatic rings. The molecule has 1 aliphatic heterocycles. The summed E-state index contributed by atoms with van der Waals surface area (Å²) in [6, 6.07) is 6.39. The van der Waals surface area contributed by atoms with E-state index >= 15 is 0 Å². The van der Waals surface area contributed by atoms with Gasteiger partial charge in [0.1, 0.15) is 0 Å². The van der Waals surface area contributed by atoms with Crippen LogP contribution >= 0.6 is 0 Å². The van der Waals surface area contributed by atoms with Gasteiger partial charge in [0.25, 0.3) is 11.8 Å². The molecule has 2 rings (SSSR count). The molecule has 2 amide bonds. The summed E-state index contributed by atoms with van der Waals surface area (Å²) in [4.78, 5) is 35.1. The highest BCUT2D eigenvalue weighted by Gasteiger charge is 2.34. The second-order valence-corrected chi connectivity index (χ2v) is 3.64. The molecule has 0 saturated carbocycles. The Morgan fingerprint density at radius 1 is 1.18 bits per heavy atom. The van der Waals surface area contributed by atoms with E-state index in [4.69, 9.17) is 5.11 Å². The molecule has 0 aliphatic carbocycles. The van der Waals surface area contributed by atoms with E-state index in [9.17, 15) is 14.4 Å². The number of hydrogen-bond acceptors (Lipinski definition) is 3. The molecule has 1 heterocycles. The van der Waals surface area contributed by atoms with Gasteiger partial charge in [0, 0.05) is 6.20 Å². The summed E-state index contributed by atoms with van der Waals surface area (Å²) < 4.78 is 0. The lowest BCUT2D eigenvalue weighted by molar-refractivity contribution is -0.132. The van der Waals surface area contributed by atoms with Crippen molar-refractivity contribution in [3.8, 4) is 0 Å². The summed E-state index contributed by atoms with van der Waals surface area (Å²) in [6.07, 6.45) is 1.05. The van der Waals surface area contributed by atoms with Crippen molar-refractivity contribution in [1.29, 1.82) is 0 Å². The minimum absolute atomic E-state index is 0.0699. The lowest BCUT2D eigenvalue weighted by atomic mass is 10.1. The van der Waals surface area contributed by atoms with Crippen molar-refractivity contribution in [3.63, 3.8) is 0 Å². The normalized spacial score (nSPS) is 15.1. The van der Waals surface area contributed by atoms with Gasteiger partial charge in [-0.15, -0.1) is 0 Å². The smallest absolute Gasteiger partial charge is 0.332 e. The predicted molar refractivity (Wildman–Crippen MR) is 58.3 cm³/mol. The first-order valence-electron chi connectivity index (χ1n) is 4.91. The van der Waals surface area contributed by atoms with Crippen LogP contribution in [0.25, 0.3) is 0 Å². The number of benzene rings is 1. The Bertz CT molecular complexity index is 524.